The number of benzene rings is 1. The first-order valence-electron chi connectivity index (χ1n) is 7.29. The first kappa shape index (κ1) is 18.2. The molecule has 24 heavy (non-hydrogen) atoms. The van der Waals surface area contributed by atoms with Crippen molar-refractivity contribution in [3.8, 4) is 0 Å². The van der Waals surface area contributed by atoms with Gasteiger partial charge in [0.1, 0.15) is 5.82 Å². The maximum absolute atomic E-state index is 12.9. The summed E-state index contributed by atoms with van der Waals surface area (Å²) in [6, 6.07) is 8.28. The van der Waals surface area contributed by atoms with Crippen LogP contribution in [-0.4, -0.2) is 32.6 Å². The Kier molecular flexibility index (Phi) is 5.74. The molecule has 0 amide bonds. The van der Waals surface area contributed by atoms with Crippen molar-refractivity contribution in [1.82, 2.24) is 9.29 Å². The standard InChI is InChI=1S/C16H19FN2O4S/c1-19-13(5-6-14(19)11-16(20)23-2)9-10-18-24(21,22)15-7-3-12(17)4-8-15/h3-8,18H,9-11H2,1-2H3. The van der Waals surface area contributed by atoms with Crippen LogP contribution in [0, 0.1) is 5.82 Å². The van der Waals surface area contributed by atoms with Crippen molar-refractivity contribution in [3.63, 3.8) is 0 Å². The number of nitrogens with zero attached hydrogens (tertiary/aromatic N) is 1. The van der Waals surface area contributed by atoms with Crippen LogP contribution in [0.5, 0.6) is 0 Å². The highest BCUT2D eigenvalue weighted by atomic mass is 32.2. The molecule has 0 unspecified atom stereocenters. The molecule has 0 fully saturated rings. The van der Waals surface area contributed by atoms with Gasteiger partial charge in [-0.05, 0) is 36.4 Å². The van der Waals surface area contributed by atoms with Crippen molar-refractivity contribution in [2.75, 3.05) is 13.7 Å². The summed E-state index contributed by atoms with van der Waals surface area (Å²) in [6.45, 7) is 0.190. The molecule has 2 rings (SSSR count). The number of esters is 1. The lowest BCUT2D eigenvalue weighted by Crippen LogP contribution is -2.26. The van der Waals surface area contributed by atoms with Gasteiger partial charge in [-0.3, -0.25) is 4.79 Å². The van der Waals surface area contributed by atoms with Gasteiger partial charge in [-0.1, -0.05) is 0 Å². The van der Waals surface area contributed by atoms with Gasteiger partial charge in [0.2, 0.25) is 10.0 Å². The molecule has 8 heteroatoms. The summed E-state index contributed by atoms with van der Waals surface area (Å²) in [4.78, 5) is 11.3. The molecule has 6 nitrogen and oxygen atoms in total. The normalized spacial score (nSPS) is 11.5. The molecule has 1 N–H and O–H groups in total. The number of rotatable bonds is 7. The van der Waals surface area contributed by atoms with E-state index in [1.54, 1.807) is 6.07 Å². The van der Waals surface area contributed by atoms with Crippen LogP contribution in [-0.2, 0) is 39.4 Å². The van der Waals surface area contributed by atoms with Gasteiger partial charge in [0.15, 0.2) is 0 Å². The summed E-state index contributed by atoms with van der Waals surface area (Å²) in [6.07, 6.45) is 0.617. The summed E-state index contributed by atoms with van der Waals surface area (Å²) in [5, 5.41) is 0. The Morgan fingerprint density at radius 3 is 2.42 bits per heavy atom. The molecule has 0 saturated heterocycles. The van der Waals surface area contributed by atoms with E-state index in [0.29, 0.717) is 6.42 Å². The molecule has 1 aromatic carbocycles. The lowest BCUT2D eigenvalue weighted by atomic mass is 10.3. The fraction of sp³-hybridized carbons (Fsp3) is 0.312. The van der Waals surface area contributed by atoms with Crippen LogP contribution in [0.4, 0.5) is 4.39 Å². The second kappa shape index (κ2) is 7.59. The van der Waals surface area contributed by atoms with Gasteiger partial charge in [0.05, 0.1) is 18.4 Å². The van der Waals surface area contributed by atoms with Crippen LogP contribution in [0.25, 0.3) is 0 Å². The predicted molar refractivity (Wildman–Crippen MR) is 86.4 cm³/mol. The SMILES string of the molecule is COC(=O)Cc1ccc(CCNS(=O)(=O)c2ccc(F)cc2)n1C. The average molecular weight is 354 g/mol. The van der Waals surface area contributed by atoms with Gasteiger partial charge in [0, 0.05) is 31.4 Å². The molecule has 130 valence electrons. The molecular weight excluding hydrogens is 335 g/mol. The van der Waals surface area contributed by atoms with Crippen LogP contribution < -0.4 is 4.72 Å². The minimum atomic E-state index is -3.68. The number of nitrogens with one attached hydrogen (secondary N) is 1. The quantitative estimate of drug-likeness (QED) is 0.763. The summed E-state index contributed by atoms with van der Waals surface area (Å²) in [5.74, 6) is -0.823. The zero-order valence-corrected chi connectivity index (χ0v) is 14.3. The Morgan fingerprint density at radius 1 is 1.17 bits per heavy atom. The van der Waals surface area contributed by atoms with E-state index >= 15 is 0 Å². The lowest BCUT2D eigenvalue weighted by Gasteiger charge is -2.09. The summed E-state index contributed by atoms with van der Waals surface area (Å²) in [5.41, 5.74) is 1.67. The monoisotopic (exact) mass is 354 g/mol. The minimum absolute atomic E-state index is 0.0159. The Labute approximate surface area is 140 Å². The lowest BCUT2D eigenvalue weighted by molar-refractivity contribution is -0.139. The molecule has 0 atom stereocenters. The van der Waals surface area contributed by atoms with E-state index in [4.69, 9.17) is 0 Å². The first-order valence-corrected chi connectivity index (χ1v) is 8.77. The van der Waals surface area contributed by atoms with Crippen LogP contribution in [0.1, 0.15) is 11.4 Å². The molecule has 1 heterocycles. The van der Waals surface area contributed by atoms with Crippen molar-refractivity contribution in [1.29, 1.82) is 0 Å². The first-order chi connectivity index (χ1) is 11.3. The topological polar surface area (TPSA) is 77.4 Å². The van der Waals surface area contributed by atoms with Crippen molar-refractivity contribution in [2.24, 2.45) is 7.05 Å². The molecular formula is C16H19FN2O4S. The highest BCUT2D eigenvalue weighted by Crippen LogP contribution is 2.11. The van der Waals surface area contributed by atoms with E-state index in [1.165, 1.54) is 19.2 Å². The molecule has 0 spiro atoms. The molecule has 0 bridgehead atoms. The average Bonchev–Trinajstić information content (AvgIpc) is 2.88. The zero-order valence-electron chi connectivity index (χ0n) is 13.5. The summed E-state index contributed by atoms with van der Waals surface area (Å²) < 4.78 is 46.0. The highest BCUT2D eigenvalue weighted by molar-refractivity contribution is 7.89. The number of ether oxygens (including phenoxy) is 1. The van der Waals surface area contributed by atoms with Gasteiger partial charge in [-0.15, -0.1) is 0 Å². The Hall–Kier alpha value is -2.19. The maximum atomic E-state index is 12.9. The fourth-order valence-corrected chi connectivity index (χ4v) is 3.29. The third-order valence-electron chi connectivity index (χ3n) is 3.68. The van der Waals surface area contributed by atoms with E-state index in [-0.39, 0.29) is 23.8 Å². The third kappa shape index (κ3) is 4.42. The number of methoxy groups -OCH3 is 1. The van der Waals surface area contributed by atoms with Gasteiger partial charge >= 0.3 is 5.97 Å². The second-order valence-electron chi connectivity index (χ2n) is 5.23. The van der Waals surface area contributed by atoms with E-state index in [0.717, 1.165) is 23.5 Å². The number of hydrogen-bond donors (Lipinski definition) is 1. The number of sulfonamides is 1. The molecule has 0 aliphatic carbocycles. The third-order valence-corrected chi connectivity index (χ3v) is 5.16. The molecule has 2 aromatic rings. The van der Waals surface area contributed by atoms with Gasteiger partial charge in [-0.2, -0.15) is 0 Å². The van der Waals surface area contributed by atoms with Crippen LogP contribution in [0.2, 0.25) is 0 Å². The number of carbonyl (C=O) groups excluding carboxylic acids is 1. The van der Waals surface area contributed by atoms with Crippen LogP contribution in [0.15, 0.2) is 41.3 Å². The zero-order chi connectivity index (χ0) is 17.7. The molecule has 0 aliphatic heterocycles. The Balaban J connectivity index is 1.97. The van der Waals surface area contributed by atoms with E-state index in [2.05, 4.69) is 9.46 Å². The minimum Gasteiger partial charge on any atom is -0.469 e. The Bertz CT molecular complexity index is 813. The van der Waals surface area contributed by atoms with Crippen molar-refractivity contribution in [2.45, 2.75) is 17.7 Å². The molecule has 0 saturated carbocycles. The Morgan fingerprint density at radius 2 is 1.79 bits per heavy atom. The van der Waals surface area contributed by atoms with E-state index < -0.39 is 15.8 Å². The maximum Gasteiger partial charge on any atom is 0.311 e. The van der Waals surface area contributed by atoms with Crippen LogP contribution in [0.3, 0.4) is 0 Å². The number of halogens is 1. The second-order valence-corrected chi connectivity index (χ2v) is 7.00. The molecule has 1 aromatic heterocycles. The van der Waals surface area contributed by atoms with Crippen molar-refractivity contribution in [3.05, 3.63) is 53.6 Å². The molecule has 0 radical (unpaired) electrons. The number of carbonyl (C=O) groups is 1. The molecule has 0 aliphatic rings. The van der Waals surface area contributed by atoms with Gasteiger partial charge < -0.3 is 9.30 Å². The van der Waals surface area contributed by atoms with Crippen molar-refractivity contribution < 1.29 is 22.3 Å². The summed E-state index contributed by atoms with van der Waals surface area (Å²) in [7, 11) is -0.539. The fourth-order valence-electron chi connectivity index (χ4n) is 2.26. The smallest absolute Gasteiger partial charge is 0.311 e. The van der Waals surface area contributed by atoms with E-state index in [9.17, 15) is 17.6 Å². The number of hydrogen-bond acceptors (Lipinski definition) is 4. The number of aromatic nitrogens is 1. The van der Waals surface area contributed by atoms with E-state index in [1.807, 2.05) is 17.7 Å². The largest absolute Gasteiger partial charge is 0.469 e. The van der Waals surface area contributed by atoms with Crippen LogP contribution >= 0.6 is 0 Å². The predicted octanol–water partition coefficient (Wildman–Crippen LogP) is 1.40. The summed E-state index contributed by atoms with van der Waals surface area (Å²) >= 11 is 0. The van der Waals surface area contributed by atoms with Crippen molar-refractivity contribution >= 4 is 16.0 Å². The van der Waals surface area contributed by atoms with Gasteiger partial charge in [-0.25, -0.2) is 17.5 Å². The van der Waals surface area contributed by atoms with Gasteiger partial charge in [0.25, 0.3) is 0 Å². The highest BCUT2D eigenvalue weighted by Gasteiger charge is 2.14.